The minimum Gasteiger partial charge on any atom is -0.455 e. The lowest BCUT2D eigenvalue weighted by Gasteiger charge is -2.30. The van der Waals surface area contributed by atoms with Crippen LogP contribution in [0.15, 0.2) is 187 Å². The number of thiophene rings is 1. The number of hydrogen-bond acceptors (Lipinski definition) is 2. The summed E-state index contributed by atoms with van der Waals surface area (Å²) in [5.41, 5.74) is 8.86. The van der Waals surface area contributed by atoms with Crippen molar-refractivity contribution in [2.75, 3.05) is 0 Å². The zero-order valence-electron chi connectivity index (χ0n) is 30.4. The van der Waals surface area contributed by atoms with Gasteiger partial charge in [-0.1, -0.05) is 135 Å². The van der Waals surface area contributed by atoms with Gasteiger partial charge in [0.2, 0.25) is 0 Å². The first-order valence-corrected chi connectivity index (χ1v) is 19.5. The zero-order valence-corrected chi connectivity index (χ0v) is 31.2. The highest BCUT2D eigenvalue weighted by molar-refractivity contribution is 7.26. The van der Waals surface area contributed by atoms with Gasteiger partial charge in [0.25, 0.3) is 0 Å². The monoisotopic (exact) mass is 710 g/mol. The third-order valence-electron chi connectivity index (χ3n) is 11.5. The molecule has 258 valence electrons. The molecule has 2 aromatic heterocycles. The summed E-state index contributed by atoms with van der Waals surface area (Å²) in [6.45, 7) is 13.6. The van der Waals surface area contributed by atoms with E-state index in [4.69, 9.17) is 11.0 Å². The van der Waals surface area contributed by atoms with Crippen LogP contribution in [0, 0.1) is 11.8 Å². The normalized spacial score (nSPS) is 16.4. The zero-order chi connectivity index (χ0) is 36.5. The van der Waals surface area contributed by atoms with E-state index in [9.17, 15) is 0 Å². The number of furan rings is 1. The molecule has 2 atom stereocenters. The van der Waals surface area contributed by atoms with Crippen molar-refractivity contribution in [1.29, 1.82) is 0 Å². The van der Waals surface area contributed by atoms with E-state index in [1.165, 1.54) is 69.4 Å². The molecule has 2 heteroatoms. The molecular formula is C52H38OS. The van der Waals surface area contributed by atoms with E-state index in [1.807, 2.05) is 18.3 Å². The molecule has 1 aliphatic carbocycles. The molecule has 1 aliphatic rings. The molecule has 0 radical (unpaired) electrons. The molecule has 2 unspecified atom stereocenters. The fourth-order valence-corrected chi connectivity index (χ4v) is 9.98. The average Bonchev–Trinajstić information content (AvgIpc) is 3.79. The van der Waals surface area contributed by atoms with E-state index in [-0.39, 0.29) is 11.8 Å². The SMILES string of the molecule is C=C(/C(C)=C/C=C\C)C1C=CC=CC1C(=C)c1c2ccccc2c(-c2ccc3oc4c(ccc5c4ccc4sc6ccccc6c45)c3c2)c2ccccc12. The molecule has 0 bridgehead atoms. The van der Waals surface area contributed by atoms with Crippen LogP contribution in [0.2, 0.25) is 0 Å². The Hall–Kier alpha value is -6.22. The Bertz CT molecular complexity index is 3110. The lowest BCUT2D eigenvalue weighted by molar-refractivity contribution is 0.656. The second-order valence-corrected chi connectivity index (χ2v) is 15.6. The first-order valence-electron chi connectivity index (χ1n) is 18.7. The number of benzene rings is 7. The predicted molar refractivity (Wildman–Crippen MR) is 237 cm³/mol. The Balaban J connectivity index is 1.16. The highest BCUT2D eigenvalue weighted by Gasteiger charge is 2.28. The summed E-state index contributed by atoms with van der Waals surface area (Å²) in [7, 11) is 0. The van der Waals surface area contributed by atoms with Crippen molar-refractivity contribution in [2.45, 2.75) is 13.8 Å². The first kappa shape index (κ1) is 32.4. The summed E-state index contributed by atoms with van der Waals surface area (Å²) in [6.07, 6.45) is 15.2. The Morgan fingerprint density at radius 3 is 2.00 bits per heavy atom. The summed E-state index contributed by atoms with van der Waals surface area (Å²) in [4.78, 5) is 0. The van der Waals surface area contributed by atoms with Gasteiger partial charge in [-0.25, -0.2) is 0 Å². The largest absolute Gasteiger partial charge is 0.455 e. The average molecular weight is 711 g/mol. The van der Waals surface area contributed by atoms with Gasteiger partial charge in [-0.2, -0.15) is 0 Å². The number of fused-ring (bicyclic) bond motifs is 11. The second-order valence-electron chi connectivity index (χ2n) is 14.5. The molecule has 54 heavy (non-hydrogen) atoms. The van der Waals surface area contributed by atoms with Gasteiger partial charge in [0.15, 0.2) is 0 Å². The second kappa shape index (κ2) is 12.7. The Morgan fingerprint density at radius 1 is 0.630 bits per heavy atom. The molecule has 0 spiro atoms. The first-order chi connectivity index (χ1) is 26.5. The molecule has 7 aromatic carbocycles. The smallest absolute Gasteiger partial charge is 0.143 e. The maximum Gasteiger partial charge on any atom is 0.143 e. The maximum atomic E-state index is 6.72. The quantitative estimate of drug-likeness (QED) is 0.124. The summed E-state index contributed by atoms with van der Waals surface area (Å²) in [5.74, 6) is 0.189. The third kappa shape index (κ3) is 4.91. The topological polar surface area (TPSA) is 13.1 Å². The lowest BCUT2D eigenvalue weighted by atomic mass is 9.73. The van der Waals surface area contributed by atoms with Crippen molar-refractivity contribution in [2.24, 2.45) is 11.8 Å². The summed E-state index contributed by atoms with van der Waals surface area (Å²) >= 11 is 1.85. The Morgan fingerprint density at radius 2 is 1.26 bits per heavy atom. The molecule has 0 amide bonds. The molecule has 1 nitrogen and oxygen atoms in total. The van der Waals surface area contributed by atoms with E-state index in [2.05, 4.69) is 171 Å². The van der Waals surface area contributed by atoms with Gasteiger partial charge in [-0.3, -0.25) is 0 Å². The van der Waals surface area contributed by atoms with E-state index in [0.717, 1.165) is 38.5 Å². The van der Waals surface area contributed by atoms with E-state index in [1.54, 1.807) is 0 Å². The molecule has 0 aliphatic heterocycles. The number of hydrogen-bond donors (Lipinski definition) is 0. The lowest BCUT2D eigenvalue weighted by Crippen LogP contribution is -2.17. The van der Waals surface area contributed by atoms with Gasteiger partial charge in [0.1, 0.15) is 11.2 Å². The van der Waals surface area contributed by atoms with Crippen molar-refractivity contribution >= 4 is 91.3 Å². The van der Waals surface area contributed by atoms with Crippen molar-refractivity contribution in [3.63, 3.8) is 0 Å². The van der Waals surface area contributed by atoms with E-state index in [0.29, 0.717) is 0 Å². The van der Waals surface area contributed by atoms with Crippen molar-refractivity contribution in [3.05, 3.63) is 188 Å². The molecule has 0 fully saturated rings. The fourth-order valence-electron chi connectivity index (χ4n) is 8.85. The highest BCUT2D eigenvalue weighted by atomic mass is 32.1. The predicted octanol–water partition coefficient (Wildman–Crippen LogP) is 15.5. The van der Waals surface area contributed by atoms with E-state index < -0.39 is 0 Å². The van der Waals surface area contributed by atoms with Crippen LogP contribution in [0.25, 0.3) is 91.1 Å². The summed E-state index contributed by atoms with van der Waals surface area (Å²) in [6, 6.07) is 42.2. The standard InChI is InChI=1S/C52H38OS/c1-5-6-15-31(2)32(3)35-16-7-8-17-36(35)33(4)49-37-18-9-11-20-39(37)50(40-21-12-10-19-38(40)49)34-24-28-46-45(30-34)43-26-25-41-42(52(43)53-46)27-29-48-51(41)44-22-13-14-23-47(44)54-48/h5-30,35-36H,3-4H2,1-2H3/b6-5-,31-15+. The molecule has 0 saturated heterocycles. The van der Waals surface area contributed by atoms with E-state index >= 15 is 0 Å². The van der Waals surface area contributed by atoms with Crippen LogP contribution < -0.4 is 0 Å². The molecule has 9 aromatic rings. The van der Waals surface area contributed by atoms with Gasteiger partial charge in [-0.15, -0.1) is 11.3 Å². The number of allylic oxidation sites excluding steroid dienone is 10. The molecule has 10 rings (SSSR count). The van der Waals surface area contributed by atoms with Crippen LogP contribution in [0.3, 0.4) is 0 Å². The maximum absolute atomic E-state index is 6.72. The van der Waals surface area contributed by atoms with Crippen molar-refractivity contribution in [1.82, 2.24) is 0 Å². The molecular weight excluding hydrogens is 673 g/mol. The van der Waals surface area contributed by atoms with Gasteiger partial charge >= 0.3 is 0 Å². The summed E-state index contributed by atoms with van der Waals surface area (Å²) in [5, 5.41) is 12.1. The molecule has 2 heterocycles. The van der Waals surface area contributed by atoms with Gasteiger partial charge in [0, 0.05) is 48.2 Å². The van der Waals surface area contributed by atoms with Crippen LogP contribution in [-0.2, 0) is 0 Å². The Labute approximate surface area is 318 Å². The van der Waals surface area contributed by atoms with Crippen LogP contribution in [-0.4, -0.2) is 0 Å². The minimum atomic E-state index is 0.0749. The van der Waals surface area contributed by atoms with Crippen LogP contribution >= 0.6 is 11.3 Å². The fraction of sp³-hybridized carbons (Fsp3) is 0.0769. The van der Waals surface area contributed by atoms with Crippen molar-refractivity contribution in [3.8, 4) is 11.1 Å². The van der Waals surface area contributed by atoms with Crippen LogP contribution in [0.5, 0.6) is 0 Å². The van der Waals surface area contributed by atoms with Crippen molar-refractivity contribution < 1.29 is 4.42 Å². The van der Waals surface area contributed by atoms with Crippen LogP contribution in [0.4, 0.5) is 0 Å². The third-order valence-corrected chi connectivity index (χ3v) is 12.6. The van der Waals surface area contributed by atoms with Gasteiger partial charge in [-0.05, 0) is 111 Å². The minimum absolute atomic E-state index is 0.0749. The summed E-state index contributed by atoms with van der Waals surface area (Å²) < 4.78 is 9.34. The van der Waals surface area contributed by atoms with Crippen LogP contribution in [0.1, 0.15) is 19.4 Å². The molecule has 0 N–H and O–H groups in total. The Kier molecular flexibility index (Phi) is 7.64. The van der Waals surface area contributed by atoms with Gasteiger partial charge in [0.05, 0.1) is 0 Å². The highest BCUT2D eigenvalue weighted by Crippen LogP contribution is 2.48. The van der Waals surface area contributed by atoms with Gasteiger partial charge < -0.3 is 4.42 Å². The number of rotatable bonds is 6. The molecule has 0 saturated carbocycles.